The van der Waals surface area contributed by atoms with E-state index in [1.807, 2.05) is 24.3 Å². The van der Waals surface area contributed by atoms with E-state index in [-0.39, 0.29) is 19.1 Å². The monoisotopic (exact) mass is 318 g/mol. The number of β-amino-alcohol motifs (C(OH)–C–C–N with tert-alkyl or cyclic N) is 1. The molecule has 6 heteroatoms. The Kier molecular flexibility index (Phi) is 5.05. The van der Waals surface area contributed by atoms with Crippen molar-refractivity contribution in [3.05, 3.63) is 42.5 Å². The zero-order valence-electron chi connectivity index (χ0n) is 13.4. The van der Waals surface area contributed by atoms with Crippen LogP contribution in [0.15, 0.2) is 36.9 Å². The van der Waals surface area contributed by atoms with Gasteiger partial charge in [0.2, 0.25) is 0 Å². The van der Waals surface area contributed by atoms with Crippen molar-refractivity contribution in [3.8, 4) is 5.75 Å². The van der Waals surface area contributed by atoms with Crippen molar-refractivity contribution in [1.29, 1.82) is 0 Å². The minimum atomic E-state index is -0.963. The van der Waals surface area contributed by atoms with Crippen molar-refractivity contribution in [2.45, 2.75) is 31.9 Å². The van der Waals surface area contributed by atoms with Crippen molar-refractivity contribution in [3.63, 3.8) is 0 Å². The van der Waals surface area contributed by atoms with Crippen molar-refractivity contribution >= 4 is 11.9 Å². The van der Waals surface area contributed by atoms with Crippen LogP contribution in [0.5, 0.6) is 5.75 Å². The van der Waals surface area contributed by atoms with Gasteiger partial charge in [-0.25, -0.2) is 4.79 Å². The number of imide groups is 1. The molecule has 0 aliphatic carbocycles. The highest BCUT2D eigenvalue weighted by Crippen LogP contribution is 2.20. The number of allylic oxidation sites excluding steroid dienone is 1. The fourth-order valence-corrected chi connectivity index (χ4v) is 2.40. The summed E-state index contributed by atoms with van der Waals surface area (Å²) in [4.78, 5) is 24.9. The van der Waals surface area contributed by atoms with Crippen molar-refractivity contribution in [2.24, 2.45) is 0 Å². The molecule has 1 aliphatic rings. The number of benzene rings is 1. The number of carbonyl (C=O) groups is 2. The molecule has 0 unspecified atom stereocenters. The topological polar surface area (TPSA) is 78.9 Å². The lowest BCUT2D eigenvalue weighted by Gasteiger charge is -2.20. The summed E-state index contributed by atoms with van der Waals surface area (Å²) in [6, 6.07) is 6.98. The first-order chi connectivity index (χ1) is 10.8. The molecule has 0 radical (unpaired) electrons. The molecule has 23 heavy (non-hydrogen) atoms. The van der Waals surface area contributed by atoms with Crippen LogP contribution < -0.4 is 10.1 Å². The van der Waals surface area contributed by atoms with Gasteiger partial charge in [-0.15, -0.1) is 6.58 Å². The SMILES string of the molecule is C=CCc1ccccc1OC[C@@H](O)CN1C(=O)NC(C)(C)C1=O. The molecule has 3 amide bonds. The number of amides is 3. The summed E-state index contributed by atoms with van der Waals surface area (Å²) in [5.74, 6) is 0.303. The summed E-state index contributed by atoms with van der Waals surface area (Å²) >= 11 is 0. The van der Waals surface area contributed by atoms with Gasteiger partial charge in [-0.05, 0) is 31.9 Å². The van der Waals surface area contributed by atoms with Crippen LogP contribution in [0, 0.1) is 0 Å². The molecule has 124 valence electrons. The van der Waals surface area contributed by atoms with Gasteiger partial charge in [0.25, 0.3) is 5.91 Å². The highest BCUT2D eigenvalue weighted by molar-refractivity contribution is 6.06. The average molecular weight is 318 g/mol. The Balaban J connectivity index is 1.93. The number of para-hydroxylation sites is 1. The second-order valence-electron chi connectivity index (χ2n) is 6.04. The maximum atomic E-state index is 12.1. The minimum Gasteiger partial charge on any atom is -0.491 e. The molecular formula is C17H22N2O4. The lowest BCUT2D eigenvalue weighted by molar-refractivity contribution is -0.131. The molecule has 2 N–H and O–H groups in total. The molecule has 1 aliphatic heterocycles. The van der Waals surface area contributed by atoms with E-state index in [0.717, 1.165) is 10.5 Å². The fraction of sp³-hybridized carbons (Fsp3) is 0.412. The second kappa shape index (κ2) is 6.83. The van der Waals surface area contributed by atoms with E-state index in [4.69, 9.17) is 4.74 Å². The molecule has 0 saturated carbocycles. The Morgan fingerprint density at radius 1 is 1.39 bits per heavy atom. The van der Waals surface area contributed by atoms with E-state index in [1.54, 1.807) is 19.9 Å². The molecule has 2 rings (SSSR count). The van der Waals surface area contributed by atoms with Gasteiger partial charge in [-0.3, -0.25) is 9.69 Å². The van der Waals surface area contributed by atoms with Gasteiger partial charge in [0.15, 0.2) is 0 Å². The predicted octanol–water partition coefficient (Wildman–Crippen LogP) is 1.49. The predicted molar refractivity (Wildman–Crippen MR) is 86.2 cm³/mol. The van der Waals surface area contributed by atoms with Gasteiger partial charge in [0.1, 0.15) is 24.0 Å². The lowest BCUT2D eigenvalue weighted by atomic mass is 10.1. The molecule has 1 aromatic carbocycles. The molecule has 6 nitrogen and oxygen atoms in total. The molecule has 1 saturated heterocycles. The Hall–Kier alpha value is -2.34. The van der Waals surface area contributed by atoms with E-state index < -0.39 is 17.7 Å². The zero-order chi connectivity index (χ0) is 17.0. The summed E-state index contributed by atoms with van der Waals surface area (Å²) in [6.45, 7) is 6.84. The van der Waals surface area contributed by atoms with Crippen LogP contribution in [0.1, 0.15) is 19.4 Å². The van der Waals surface area contributed by atoms with Gasteiger partial charge in [-0.2, -0.15) is 0 Å². The van der Waals surface area contributed by atoms with Gasteiger partial charge >= 0.3 is 6.03 Å². The van der Waals surface area contributed by atoms with E-state index in [1.165, 1.54) is 0 Å². The number of ether oxygens (including phenoxy) is 1. The molecule has 1 atom stereocenters. The maximum Gasteiger partial charge on any atom is 0.325 e. The third-order valence-electron chi connectivity index (χ3n) is 3.61. The normalized spacial score (nSPS) is 17.8. The summed E-state index contributed by atoms with van der Waals surface area (Å²) in [5, 5.41) is 12.7. The van der Waals surface area contributed by atoms with Crippen LogP contribution >= 0.6 is 0 Å². The van der Waals surface area contributed by atoms with Crippen LogP contribution in [-0.2, 0) is 11.2 Å². The van der Waals surface area contributed by atoms with Crippen molar-refractivity contribution in [2.75, 3.05) is 13.2 Å². The Labute approximate surface area is 135 Å². The first-order valence-electron chi connectivity index (χ1n) is 7.49. The summed E-state index contributed by atoms with van der Waals surface area (Å²) in [6.07, 6.45) is 1.47. The summed E-state index contributed by atoms with van der Waals surface area (Å²) in [7, 11) is 0. The maximum absolute atomic E-state index is 12.1. The number of nitrogens with zero attached hydrogens (tertiary/aromatic N) is 1. The molecule has 0 bridgehead atoms. The van der Waals surface area contributed by atoms with Crippen molar-refractivity contribution in [1.82, 2.24) is 10.2 Å². The van der Waals surface area contributed by atoms with Gasteiger partial charge in [0.05, 0.1) is 6.54 Å². The van der Waals surface area contributed by atoms with Crippen LogP contribution in [0.25, 0.3) is 0 Å². The van der Waals surface area contributed by atoms with E-state index >= 15 is 0 Å². The average Bonchev–Trinajstić information content (AvgIpc) is 2.69. The quantitative estimate of drug-likeness (QED) is 0.590. The minimum absolute atomic E-state index is 0.00829. The lowest BCUT2D eigenvalue weighted by Crippen LogP contribution is -2.42. The molecule has 1 aromatic rings. The molecule has 1 fully saturated rings. The molecule has 0 spiro atoms. The van der Waals surface area contributed by atoms with Gasteiger partial charge < -0.3 is 15.2 Å². The Morgan fingerprint density at radius 3 is 2.70 bits per heavy atom. The zero-order valence-corrected chi connectivity index (χ0v) is 13.4. The number of urea groups is 1. The summed E-state index contributed by atoms with van der Waals surface area (Å²) < 4.78 is 5.62. The highest BCUT2D eigenvalue weighted by atomic mass is 16.5. The van der Waals surface area contributed by atoms with Crippen LogP contribution in [0.4, 0.5) is 4.79 Å². The molecular weight excluding hydrogens is 296 g/mol. The molecule has 1 heterocycles. The van der Waals surface area contributed by atoms with Gasteiger partial charge in [0, 0.05) is 0 Å². The van der Waals surface area contributed by atoms with Crippen molar-refractivity contribution < 1.29 is 19.4 Å². The second-order valence-corrected chi connectivity index (χ2v) is 6.04. The van der Waals surface area contributed by atoms with Gasteiger partial charge in [-0.1, -0.05) is 24.3 Å². The molecule has 0 aromatic heterocycles. The number of aliphatic hydroxyl groups excluding tert-OH is 1. The van der Waals surface area contributed by atoms with Crippen LogP contribution in [-0.4, -0.2) is 46.7 Å². The Bertz CT molecular complexity index is 612. The summed E-state index contributed by atoms with van der Waals surface area (Å²) in [5.41, 5.74) is 0.0274. The van der Waals surface area contributed by atoms with Crippen LogP contribution in [0.2, 0.25) is 0 Å². The number of aliphatic hydroxyl groups is 1. The van der Waals surface area contributed by atoms with E-state index in [9.17, 15) is 14.7 Å². The number of hydrogen-bond acceptors (Lipinski definition) is 4. The first kappa shape index (κ1) is 17.0. The smallest absolute Gasteiger partial charge is 0.325 e. The number of hydrogen-bond donors (Lipinski definition) is 2. The largest absolute Gasteiger partial charge is 0.491 e. The number of carbonyl (C=O) groups excluding carboxylic acids is 2. The van der Waals surface area contributed by atoms with E-state index in [0.29, 0.717) is 12.2 Å². The fourth-order valence-electron chi connectivity index (χ4n) is 2.40. The number of nitrogens with one attached hydrogen (secondary N) is 1. The first-order valence-corrected chi connectivity index (χ1v) is 7.49. The van der Waals surface area contributed by atoms with E-state index in [2.05, 4.69) is 11.9 Å². The highest BCUT2D eigenvalue weighted by Gasteiger charge is 2.44. The number of rotatable bonds is 7. The standard InChI is InChI=1S/C17H22N2O4/c1-4-7-12-8-5-6-9-14(12)23-11-13(20)10-19-15(21)17(2,3)18-16(19)22/h4-6,8-9,13,20H,1,7,10-11H2,2-3H3,(H,18,22)/t13-/m0/s1. The van der Waals surface area contributed by atoms with Crippen LogP contribution in [0.3, 0.4) is 0 Å². The third-order valence-corrected chi connectivity index (χ3v) is 3.61. The third kappa shape index (κ3) is 3.90. The Morgan fingerprint density at radius 2 is 2.09 bits per heavy atom.